The maximum Gasteiger partial charge on any atom is 0.171 e. The van der Waals surface area contributed by atoms with Crippen LogP contribution in [0.4, 0.5) is 5.69 Å². The molecule has 124 valence electrons. The molecule has 0 spiro atoms. The third kappa shape index (κ3) is 2.93. The van der Waals surface area contributed by atoms with Gasteiger partial charge in [0.1, 0.15) is 5.75 Å². The first-order valence-electron chi connectivity index (χ1n) is 8.84. The zero-order valence-corrected chi connectivity index (χ0v) is 14.8. The number of methoxy groups -OCH3 is 1. The zero-order chi connectivity index (χ0) is 16.0. The van der Waals surface area contributed by atoms with E-state index in [1.165, 1.54) is 32.1 Å². The predicted octanol–water partition coefficient (Wildman–Crippen LogP) is 4.11. The van der Waals surface area contributed by atoms with Crippen molar-refractivity contribution in [3.05, 3.63) is 23.8 Å². The summed E-state index contributed by atoms with van der Waals surface area (Å²) >= 11 is 5.60. The van der Waals surface area contributed by atoms with Gasteiger partial charge in [-0.2, -0.15) is 0 Å². The second-order valence-corrected chi connectivity index (χ2v) is 8.14. The van der Waals surface area contributed by atoms with Crippen LogP contribution in [0.1, 0.15) is 37.7 Å². The summed E-state index contributed by atoms with van der Waals surface area (Å²) in [6.45, 7) is 2.08. The highest BCUT2D eigenvalue weighted by Gasteiger charge is 2.48. The molecular formula is C19H26N2OS. The molecule has 4 heteroatoms. The molecule has 0 saturated heterocycles. The van der Waals surface area contributed by atoms with Gasteiger partial charge in [0.05, 0.1) is 7.11 Å². The van der Waals surface area contributed by atoms with Crippen LogP contribution in [0.15, 0.2) is 18.2 Å². The minimum atomic E-state index is 0.585. The summed E-state index contributed by atoms with van der Waals surface area (Å²) in [7, 11) is 1.69. The lowest BCUT2D eigenvalue weighted by molar-refractivity contribution is -0.00665. The molecular weight excluding hydrogens is 304 g/mol. The molecule has 2 N–H and O–H groups in total. The van der Waals surface area contributed by atoms with Gasteiger partial charge >= 0.3 is 0 Å². The lowest BCUT2D eigenvalue weighted by atomic mass is 9.54. The summed E-state index contributed by atoms with van der Waals surface area (Å²) < 4.78 is 5.26. The number of hydrogen-bond donors (Lipinski definition) is 2. The van der Waals surface area contributed by atoms with E-state index in [0.717, 1.165) is 45.8 Å². The number of benzene rings is 1. The molecule has 1 aromatic rings. The van der Waals surface area contributed by atoms with E-state index >= 15 is 0 Å². The minimum Gasteiger partial charge on any atom is -0.497 e. The van der Waals surface area contributed by atoms with E-state index in [4.69, 9.17) is 17.0 Å². The number of aryl methyl sites for hydroxylation is 1. The average molecular weight is 330 g/mol. The van der Waals surface area contributed by atoms with E-state index in [0.29, 0.717) is 6.04 Å². The SMILES string of the molecule is COc1ccc(NC(=S)NC2C3CC4CC(C3)CC2C4)c(C)c1. The van der Waals surface area contributed by atoms with Crippen molar-refractivity contribution in [1.82, 2.24) is 5.32 Å². The van der Waals surface area contributed by atoms with Gasteiger partial charge in [0.2, 0.25) is 0 Å². The molecule has 0 heterocycles. The third-order valence-corrected chi connectivity index (χ3v) is 6.43. The molecule has 4 bridgehead atoms. The predicted molar refractivity (Wildman–Crippen MR) is 97.9 cm³/mol. The summed E-state index contributed by atoms with van der Waals surface area (Å²) in [6, 6.07) is 6.63. The van der Waals surface area contributed by atoms with Crippen LogP contribution in [0.5, 0.6) is 5.75 Å². The molecule has 4 fully saturated rings. The first-order valence-corrected chi connectivity index (χ1v) is 9.25. The normalized spacial score (nSPS) is 34.3. The van der Waals surface area contributed by atoms with E-state index < -0.39 is 0 Å². The summed E-state index contributed by atoms with van der Waals surface area (Å²) in [4.78, 5) is 0. The summed E-state index contributed by atoms with van der Waals surface area (Å²) in [5.74, 6) is 4.56. The van der Waals surface area contributed by atoms with Crippen molar-refractivity contribution in [3.63, 3.8) is 0 Å². The molecule has 0 amide bonds. The van der Waals surface area contributed by atoms with Crippen molar-refractivity contribution in [3.8, 4) is 5.75 Å². The lowest BCUT2D eigenvalue weighted by Gasteiger charge is -2.54. The number of hydrogen-bond acceptors (Lipinski definition) is 2. The molecule has 4 saturated carbocycles. The smallest absolute Gasteiger partial charge is 0.171 e. The van der Waals surface area contributed by atoms with E-state index in [1.807, 2.05) is 18.2 Å². The Bertz CT molecular complexity index is 587. The Labute approximate surface area is 144 Å². The van der Waals surface area contributed by atoms with Crippen molar-refractivity contribution in [2.24, 2.45) is 23.7 Å². The molecule has 0 aromatic heterocycles. The first-order chi connectivity index (χ1) is 11.1. The van der Waals surface area contributed by atoms with Gasteiger partial charge in [-0.1, -0.05) is 0 Å². The Balaban J connectivity index is 1.40. The Morgan fingerprint density at radius 3 is 2.30 bits per heavy atom. The van der Waals surface area contributed by atoms with Crippen LogP contribution in [0.3, 0.4) is 0 Å². The Kier molecular flexibility index (Phi) is 3.96. The monoisotopic (exact) mass is 330 g/mol. The van der Waals surface area contributed by atoms with Crippen LogP contribution < -0.4 is 15.4 Å². The second-order valence-electron chi connectivity index (χ2n) is 7.74. The number of ether oxygens (including phenoxy) is 1. The van der Waals surface area contributed by atoms with Crippen molar-refractivity contribution in [1.29, 1.82) is 0 Å². The lowest BCUT2D eigenvalue weighted by Crippen LogP contribution is -2.56. The van der Waals surface area contributed by atoms with Crippen LogP contribution in [0.25, 0.3) is 0 Å². The quantitative estimate of drug-likeness (QED) is 0.817. The van der Waals surface area contributed by atoms with E-state index in [9.17, 15) is 0 Å². The van der Waals surface area contributed by atoms with Crippen molar-refractivity contribution in [2.45, 2.75) is 45.1 Å². The molecule has 1 aromatic carbocycles. The van der Waals surface area contributed by atoms with Gasteiger partial charge in [0.25, 0.3) is 0 Å². The van der Waals surface area contributed by atoms with Crippen LogP contribution in [-0.2, 0) is 0 Å². The summed E-state index contributed by atoms with van der Waals surface area (Å²) in [6.07, 6.45) is 7.14. The molecule has 4 aliphatic carbocycles. The number of anilines is 1. The zero-order valence-electron chi connectivity index (χ0n) is 14.0. The van der Waals surface area contributed by atoms with Gasteiger partial charge in [-0.05, 0) is 98.7 Å². The number of nitrogens with one attached hydrogen (secondary N) is 2. The number of rotatable bonds is 3. The molecule has 0 aliphatic heterocycles. The molecule has 4 aliphatic rings. The topological polar surface area (TPSA) is 33.3 Å². The summed E-state index contributed by atoms with van der Waals surface area (Å²) in [5, 5.41) is 7.81. The molecule has 3 nitrogen and oxygen atoms in total. The maximum absolute atomic E-state index is 5.60. The van der Waals surface area contributed by atoms with Gasteiger partial charge < -0.3 is 15.4 Å². The van der Waals surface area contributed by atoms with Gasteiger partial charge in [0, 0.05) is 11.7 Å². The van der Waals surface area contributed by atoms with Gasteiger partial charge in [-0.25, -0.2) is 0 Å². The average Bonchev–Trinajstić information content (AvgIpc) is 2.52. The molecule has 0 radical (unpaired) electrons. The standard InChI is InChI=1S/C19H26N2OS/c1-11-5-16(22-2)3-4-17(11)20-19(23)21-18-14-7-12-6-13(9-14)10-15(18)8-12/h3-5,12-15,18H,6-10H2,1-2H3,(H2,20,21,23). The Hall–Kier alpha value is -1.29. The second kappa shape index (κ2) is 5.97. The van der Waals surface area contributed by atoms with E-state index in [2.05, 4.69) is 17.6 Å². The van der Waals surface area contributed by atoms with Crippen molar-refractivity contribution >= 4 is 23.0 Å². The fourth-order valence-corrected chi connectivity index (χ4v) is 5.62. The van der Waals surface area contributed by atoms with E-state index in [1.54, 1.807) is 7.11 Å². The fourth-order valence-electron chi connectivity index (χ4n) is 5.37. The maximum atomic E-state index is 5.60. The van der Waals surface area contributed by atoms with Crippen molar-refractivity contribution < 1.29 is 4.74 Å². The highest BCUT2D eigenvalue weighted by Crippen LogP contribution is 2.53. The first kappa shape index (κ1) is 15.3. The van der Waals surface area contributed by atoms with E-state index in [-0.39, 0.29) is 0 Å². The van der Waals surface area contributed by atoms with Crippen LogP contribution in [-0.4, -0.2) is 18.3 Å². The van der Waals surface area contributed by atoms with Crippen LogP contribution >= 0.6 is 12.2 Å². The molecule has 23 heavy (non-hydrogen) atoms. The van der Waals surface area contributed by atoms with Crippen molar-refractivity contribution in [2.75, 3.05) is 12.4 Å². The fraction of sp³-hybridized carbons (Fsp3) is 0.632. The number of thiocarbonyl (C=S) groups is 1. The highest BCUT2D eigenvalue weighted by molar-refractivity contribution is 7.80. The third-order valence-electron chi connectivity index (χ3n) is 6.21. The van der Waals surface area contributed by atoms with Crippen LogP contribution in [0.2, 0.25) is 0 Å². The largest absolute Gasteiger partial charge is 0.497 e. The Morgan fingerprint density at radius 2 is 1.74 bits per heavy atom. The molecule has 5 rings (SSSR count). The molecule has 0 atom stereocenters. The summed E-state index contributed by atoms with van der Waals surface area (Å²) in [5.41, 5.74) is 2.21. The van der Waals surface area contributed by atoms with Crippen LogP contribution in [0, 0.1) is 30.6 Å². The molecule has 0 unspecified atom stereocenters. The minimum absolute atomic E-state index is 0.585. The van der Waals surface area contributed by atoms with Gasteiger partial charge in [0.15, 0.2) is 5.11 Å². The van der Waals surface area contributed by atoms with Gasteiger partial charge in [-0.3, -0.25) is 0 Å². The Morgan fingerprint density at radius 1 is 1.09 bits per heavy atom. The van der Waals surface area contributed by atoms with Gasteiger partial charge in [-0.15, -0.1) is 0 Å². The highest BCUT2D eigenvalue weighted by atomic mass is 32.1.